The van der Waals surface area contributed by atoms with Gasteiger partial charge in [-0.25, -0.2) is 18.2 Å². The molecule has 7 atom stereocenters. The molecule has 2 saturated heterocycles. The first-order chi connectivity index (χ1) is 20.1. The third-order valence-electron chi connectivity index (χ3n) is 8.06. The molecule has 3 aliphatic rings. The van der Waals surface area contributed by atoms with Crippen molar-refractivity contribution in [3.05, 3.63) is 60.2 Å². The van der Waals surface area contributed by atoms with Gasteiger partial charge in [0.05, 0.1) is 36.9 Å². The number of aliphatic hydroxyl groups excluding tert-OH is 1. The summed E-state index contributed by atoms with van der Waals surface area (Å²) < 4.78 is 49.2. The van der Waals surface area contributed by atoms with Gasteiger partial charge in [-0.1, -0.05) is 44.2 Å². The number of carbonyl (C=O) groups is 1. The molecule has 3 bridgehead atoms. The summed E-state index contributed by atoms with van der Waals surface area (Å²) in [6.07, 6.45) is -0.598. The number of methoxy groups -OCH3 is 1. The Balaban J connectivity index is 1.28. The Morgan fingerprint density at radius 3 is 2.50 bits per heavy atom. The molecule has 1 aliphatic carbocycles. The average molecular weight is 604 g/mol. The molecule has 0 radical (unpaired) electrons. The van der Waals surface area contributed by atoms with Gasteiger partial charge in [-0.05, 0) is 55.0 Å². The van der Waals surface area contributed by atoms with Gasteiger partial charge in [-0.3, -0.25) is 0 Å². The topological polar surface area (TPSA) is 136 Å². The summed E-state index contributed by atoms with van der Waals surface area (Å²) >= 11 is 0. The Kier molecular flexibility index (Phi) is 9.70. The molecule has 2 aliphatic heterocycles. The van der Waals surface area contributed by atoms with E-state index in [1.54, 1.807) is 12.1 Å². The number of carbonyl (C=O) groups excluding carboxylic acids is 1. The van der Waals surface area contributed by atoms with Crippen molar-refractivity contribution in [3.8, 4) is 5.75 Å². The van der Waals surface area contributed by atoms with Crippen LogP contribution in [0.3, 0.4) is 0 Å². The van der Waals surface area contributed by atoms with E-state index >= 15 is 0 Å². The van der Waals surface area contributed by atoms with Gasteiger partial charge in [-0.2, -0.15) is 0 Å². The second-order valence-electron chi connectivity index (χ2n) is 11.8. The lowest BCUT2D eigenvalue weighted by atomic mass is 9.78. The van der Waals surface area contributed by atoms with Crippen molar-refractivity contribution >= 4 is 16.1 Å². The van der Waals surface area contributed by atoms with Crippen molar-refractivity contribution in [3.63, 3.8) is 0 Å². The molecule has 42 heavy (non-hydrogen) atoms. The van der Waals surface area contributed by atoms with E-state index in [1.807, 2.05) is 44.2 Å². The van der Waals surface area contributed by atoms with E-state index in [1.165, 1.54) is 24.3 Å². The van der Waals surface area contributed by atoms with Gasteiger partial charge in [0, 0.05) is 24.9 Å². The highest BCUT2D eigenvalue weighted by molar-refractivity contribution is 7.89. The van der Waals surface area contributed by atoms with Crippen molar-refractivity contribution in [1.82, 2.24) is 15.2 Å². The molecule has 2 heterocycles. The SMILES string of the molecule is COc1ccc(S(=O)(=O)NN(CC(C)C)C[C@@H](O)[C@H](Cc2ccccc2)NC(=O)OC2C3COC4OC2CC4C3)cc1. The molecule has 230 valence electrons. The number of hydrogen-bond acceptors (Lipinski definition) is 9. The monoisotopic (exact) mass is 603 g/mol. The Hall–Kier alpha value is -2.74. The van der Waals surface area contributed by atoms with E-state index in [0.717, 1.165) is 18.4 Å². The minimum absolute atomic E-state index is 0.0658. The highest BCUT2D eigenvalue weighted by atomic mass is 32.2. The molecule has 11 nitrogen and oxygen atoms in total. The van der Waals surface area contributed by atoms with Crippen molar-refractivity contribution in [2.24, 2.45) is 17.8 Å². The number of fused-ring (bicyclic) bond motifs is 2. The van der Waals surface area contributed by atoms with Crippen molar-refractivity contribution in [2.75, 3.05) is 26.8 Å². The number of sulfonamides is 1. The molecular weight excluding hydrogens is 562 g/mol. The fraction of sp³-hybridized carbons (Fsp3) is 0.567. The minimum atomic E-state index is -3.94. The first-order valence-electron chi connectivity index (χ1n) is 14.5. The van der Waals surface area contributed by atoms with Crippen LogP contribution in [0.1, 0.15) is 32.3 Å². The van der Waals surface area contributed by atoms with Gasteiger partial charge in [0.25, 0.3) is 10.0 Å². The quantitative estimate of drug-likeness (QED) is 0.295. The number of nitrogens with one attached hydrogen (secondary N) is 2. The smallest absolute Gasteiger partial charge is 0.407 e. The van der Waals surface area contributed by atoms with Crippen LogP contribution in [0, 0.1) is 17.8 Å². The summed E-state index contributed by atoms with van der Waals surface area (Å²) in [5, 5.41) is 15.8. The molecule has 1 amide bonds. The summed E-state index contributed by atoms with van der Waals surface area (Å²) in [6, 6.07) is 14.8. The molecule has 5 rings (SSSR count). The summed E-state index contributed by atoms with van der Waals surface area (Å²) in [5.41, 5.74) is 0.905. The highest BCUT2D eigenvalue weighted by Crippen LogP contribution is 2.46. The standard InChI is InChI=1S/C30H41N3O8S/c1-19(2)16-33(32-42(36,37)24-11-9-23(38-3)10-12-24)17-26(34)25(13-20-7-5-4-6-8-20)31-30(35)41-28-22-14-21-15-27(28)40-29(21)39-18-22/h4-12,19,21-22,25-29,32,34H,13-18H2,1-3H3,(H,31,35)/t21?,22?,25-,26+,27?,28?,29?/m0/s1. The Bertz CT molecular complexity index is 1290. The van der Waals surface area contributed by atoms with E-state index < -0.39 is 34.4 Å². The Labute approximate surface area is 247 Å². The lowest BCUT2D eigenvalue weighted by molar-refractivity contribution is -0.153. The van der Waals surface area contributed by atoms with Gasteiger partial charge in [-0.15, -0.1) is 4.83 Å². The maximum Gasteiger partial charge on any atom is 0.407 e. The molecule has 1 saturated carbocycles. The van der Waals surface area contributed by atoms with E-state index in [9.17, 15) is 18.3 Å². The summed E-state index contributed by atoms with van der Waals surface area (Å²) in [4.78, 5) is 15.9. The third-order valence-corrected chi connectivity index (χ3v) is 9.45. The number of ether oxygens (including phenoxy) is 4. The summed E-state index contributed by atoms with van der Waals surface area (Å²) in [5.74, 6) is 1.04. The van der Waals surface area contributed by atoms with Gasteiger partial charge in [0.1, 0.15) is 11.9 Å². The van der Waals surface area contributed by atoms with Gasteiger partial charge in [0.15, 0.2) is 6.29 Å². The van der Waals surface area contributed by atoms with Crippen LogP contribution >= 0.6 is 0 Å². The van der Waals surface area contributed by atoms with Gasteiger partial charge < -0.3 is 29.4 Å². The fourth-order valence-corrected chi connectivity index (χ4v) is 7.19. The van der Waals surface area contributed by atoms with Crippen LogP contribution in [0.4, 0.5) is 4.79 Å². The number of rotatable bonds is 13. The lowest BCUT2D eigenvalue weighted by Crippen LogP contribution is -2.55. The normalized spacial score (nSPS) is 26.3. The molecular formula is C30H41N3O8S. The third kappa shape index (κ3) is 7.42. The second kappa shape index (κ2) is 13.3. The zero-order valence-corrected chi connectivity index (χ0v) is 25.0. The van der Waals surface area contributed by atoms with Crippen LogP contribution in [0.25, 0.3) is 0 Å². The van der Waals surface area contributed by atoms with Crippen molar-refractivity contribution in [1.29, 1.82) is 0 Å². The van der Waals surface area contributed by atoms with Crippen molar-refractivity contribution < 1.29 is 37.3 Å². The zero-order valence-electron chi connectivity index (χ0n) is 24.2. The number of amides is 1. The van der Waals surface area contributed by atoms with Crippen LogP contribution in [-0.2, 0) is 30.7 Å². The van der Waals surface area contributed by atoms with Crippen LogP contribution in [0.2, 0.25) is 0 Å². The minimum Gasteiger partial charge on any atom is -0.497 e. The fourth-order valence-electron chi connectivity index (χ4n) is 6.10. The first-order valence-corrected chi connectivity index (χ1v) is 16.0. The number of hydrogen-bond donors (Lipinski definition) is 3. The number of hydrazine groups is 1. The van der Waals surface area contributed by atoms with E-state index in [2.05, 4.69) is 10.1 Å². The first kappa shape index (κ1) is 30.7. The van der Waals surface area contributed by atoms with Crippen LogP contribution in [-0.4, -0.2) is 82.1 Å². The predicted molar refractivity (Wildman–Crippen MR) is 154 cm³/mol. The van der Waals surface area contributed by atoms with E-state index in [4.69, 9.17) is 18.9 Å². The average Bonchev–Trinajstić information content (AvgIpc) is 3.25. The second-order valence-corrected chi connectivity index (χ2v) is 13.5. The molecule has 3 N–H and O–H groups in total. The van der Waals surface area contributed by atoms with Crippen LogP contribution < -0.4 is 14.9 Å². The zero-order chi connectivity index (χ0) is 29.9. The molecule has 2 aromatic carbocycles. The van der Waals surface area contributed by atoms with Gasteiger partial charge in [0.2, 0.25) is 0 Å². The van der Waals surface area contributed by atoms with Crippen LogP contribution in [0.15, 0.2) is 59.5 Å². The van der Waals surface area contributed by atoms with Crippen molar-refractivity contribution in [2.45, 2.75) is 68.6 Å². The number of benzene rings is 2. The summed E-state index contributed by atoms with van der Waals surface area (Å²) in [6.45, 7) is 4.66. The van der Waals surface area contributed by atoms with E-state index in [-0.39, 0.29) is 35.7 Å². The van der Waals surface area contributed by atoms with Gasteiger partial charge >= 0.3 is 6.09 Å². The Morgan fingerprint density at radius 1 is 1.07 bits per heavy atom. The van der Waals surface area contributed by atoms with E-state index in [0.29, 0.717) is 31.2 Å². The summed E-state index contributed by atoms with van der Waals surface area (Å²) in [7, 11) is -2.43. The maximum atomic E-state index is 13.2. The maximum absolute atomic E-state index is 13.2. The molecule has 0 spiro atoms. The molecule has 5 unspecified atom stereocenters. The molecule has 2 aromatic rings. The number of alkyl carbamates (subject to hydrolysis) is 1. The molecule has 12 heteroatoms. The number of nitrogens with zero attached hydrogens (tertiary/aromatic N) is 1. The lowest BCUT2D eigenvalue weighted by Gasteiger charge is -2.37. The predicted octanol–water partition coefficient (Wildman–Crippen LogP) is 2.69. The molecule has 0 aromatic heterocycles. The number of aliphatic hydroxyl groups is 1. The molecule has 3 fully saturated rings. The largest absolute Gasteiger partial charge is 0.497 e. The highest BCUT2D eigenvalue weighted by Gasteiger charge is 2.53. The van der Waals surface area contributed by atoms with Crippen LogP contribution in [0.5, 0.6) is 5.75 Å². The Morgan fingerprint density at radius 2 is 1.81 bits per heavy atom.